The maximum Gasteiger partial charge on any atom is 0.180 e. The van der Waals surface area contributed by atoms with Crippen LogP contribution in [0.25, 0.3) is 16.9 Å². The van der Waals surface area contributed by atoms with Crippen LogP contribution in [-0.4, -0.2) is 58.6 Å². The minimum absolute atomic E-state index is 0.751. The zero-order chi connectivity index (χ0) is 22.9. The first kappa shape index (κ1) is 21.0. The Hall–Kier alpha value is -3.58. The molecule has 174 valence electrons. The first-order valence-electron chi connectivity index (χ1n) is 12.2. The molecule has 0 saturated carbocycles. The number of likely N-dealkylation sites (N-methyl/N-ethyl adjacent to an activating group) is 1. The van der Waals surface area contributed by atoms with Gasteiger partial charge < -0.3 is 24.3 Å². The maximum absolute atomic E-state index is 5.79. The van der Waals surface area contributed by atoms with Crippen LogP contribution in [0.15, 0.2) is 61.1 Å². The van der Waals surface area contributed by atoms with Gasteiger partial charge >= 0.3 is 0 Å². The van der Waals surface area contributed by atoms with Crippen LogP contribution in [-0.2, 0) is 6.42 Å². The highest BCUT2D eigenvalue weighted by Gasteiger charge is 2.17. The number of benzene rings is 2. The maximum atomic E-state index is 5.79. The van der Waals surface area contributed by atoms with E-state index in [4.69, 9.17) is 9.72 Å². The van der Waals surface area contributed by atoms with E-state index in [1.54, 1.807) is 0 Å². The van der Waals surface area contributed by atoms with E-state index in [1.807, 2.05) is 23.0 Å². The summed E-state index contributed by atoms with van der Waals surface area (Å²) in [6.07, 6.45) is 7.92. The van der Waals surface area contributed by atoms with Crippen LogP contribution in [0.4, 0.5) is 17.2 Å². The van der Waals surface area contributed by atoms with Gasteiger partial charge in [0.25, 0.3) is 0 Å². The number of imidazole rings is 1. The molecule has 0 unspecified atom stereocenters. The van der Waals surface area contributed by atoms with Crippen LogP contribution >= 0.6 is 0 Å². The van der Waals surface area contributed by atoms with E-state index >= 15 is 0 Å². The van der Waals surface area contributed by atoms with Gasteiger partial charge in [-0.2, -0.15) is 0 Å². The molecule has 2 aromatic heterocycles. The quantitative estimate of drug-likeness (QED) is 0.475. The molecule has 1 N–H and O–H groups in total. The average Bonchev–Trinajstić information content (AvgIpc) is 3.38. The number of ether oxygens (including phenoxy) is 1. The fraction of sp³-hybridized carbons (Fsp3) is 0.333. The third kappa shape index (κ3) is 4.07. The number of hydrogen-bond donors (Lipinski definition) is 1. The summed E-state index contributed by atoms with van der Waals surface area (Å²) in [5, 5.41) is 3.51. The standard InChI is InChI=1S/C27H30N6O/c1-2-31-13-15-32(16-14-31)23-8-6-22(7-9-23)29-26-27-28-11-12-33(27)19-24(30-26)20-5-10-25-21(18-20)4-3-17-34-25/h5-12,18-19H,2-4,13-17H2,1H3,(H,29,30). The topological polar surface area (TPSA) is 57.9 Å². The monoisotopic (exact) mass is 454 g/mol. The average molecular weight is 455 g/mol. The second kappa shape index (κ2) is 8.99. The number of aryl methyl sites for hydroxylation is 1. The Kier molecular flexibility index (Phi) is 5.55. The summed E-state index contributed by atoms with van der Waals surface area (Å²) >= 11 is 0. The van der Waals surface area contributed by atoms with E-state index in [9.17, 15) is 0 Å². The van der Waals surface area contributed by atoms with Crippen LogP contribution in [0.5, 0.6) is 5.75 Å². The number of piperazine rings is 1. The van der Waals surface area contributed by atoms with Gasteiger partial charge in [-0.05, 0) is 67.4 Å². The lowest BCUT2D eigenvalue weighted by molar-refractivity contribution is 0.271. The van der Waals surface area contributed by atoms with Gasteiger partial charge in [0, 0.05) is 61.7 Å². The molecule has 2 aliphatic rings. The van der Waals surface area contributed by atoms with Crippen molar-refractivity contribution in [1.29, 1.82) is 0 Å². The number of nitrogens with zero attached hydrogens (tertiary/aromatic N) is 5. The SMILES string of the molecule is CCN1CCN(c2ccc(Nc3nc(-c4ccc5c(c4)CCCO5)cn4ccnc34)cc2)CC1. The lowest BCUT2D eigenvalue weighted by atomic mass is 10.0. The van der Waals surface area contributed by atoms with Gasteiger partial charge in [0.2, 0.25) is 0 Å². The fourth-order valence-electron chi connectivity index (χ4n) is 4.89. The van der Waals surface area contributed by atoms with Gasteiger partial charge in [-0.1, -0.05) is 6.92 Å². The molecule has 1 saturated heterocycles. The predicted molar refractivity (Wildman–Crippen MR) is 136 cm³/mol. The van der Waals surface area contributed by atoms with Gasteiger partial charge in [-0.15, -0.1) is 0 Å². The number of anilines is 3. The van der Waals surface area contributed by atoms with Gasteiger partial charge in [-0.3, -0.25) is 0 Å². The van der Waals surface area contributed by atoms with Crippen molar-refractivity contribution >= 4 is 22.8 Å². The lowest BCUT2D eigenvalue weighted by Gasteiger charge is -2.35. The van der Waals surface area contributed by atoms with E-state index in [2.05, 4.69) is 69.5 Å². The van der Waals surface area contributed by atoms with Crippen LogP contribution in [0.3, 0.4) is 0 Å². The Balaban J connectivity index is 1.26. The number of fused-ring (bicyclic) bond motifs is 2. The van der Waals surface area contributed by atoms with E-state index in [1.165, 1.54) is 11.3 Å². The molecular weight excluding hydrogens is 424 g/mol. The Bertz CT molecular complexity index is 1290. The summed E-state index contributed by atoms with van der Waals surface area (Å²) in [4.78, 5) is 14.5. The molecular formula is C27H30N6O. The Morgan fingerprint density at radius 1 is 1.03 bits per heavy atom. The summed E-state index contributed by atoms with van der Waals surface area (Å²) < 4.78 is 7.82. The molecule has 2 aromatic carbocycles. The predicted octanol–water partition coefficient (Wildman–Crippen LogP) is 4.61. The van der Waals surface area contributed by atoms with Crippen LogP contribution in [0.1, 0.15) is 18.9 Å². The van der Waals surface area contributed by atoms with Crippen molar-refractivity contribution < 1.29 is 4.74 Å². The molecule has 0 spiro atoms. The molecule has 0 radical (unpaired) electrons. The summed E-state index contributed by atoms with van der Waals surface area (Å²) in [7, 11) is 0. The van der Waals surface area contributed by atoms with E-state index in [-0.39, 0.29) is 0 Å². The van der Waals surface area contributed by atoms with Crippen molar-refractivity contribution in [2.75, 3.05) is 49.5 Å². The molecule has 0 aliphatic carbocycles. The van der Waals surface area contributed by atoms with Crippen molar-refractivity contribution in [3.63, 3.8) is 0 Å². The molecule has 4 aromatic rings. The first-order valence-corrected chi connectivity index (χ1v) is 12.2. The van der Waals surface area contributed by atoms with Gasteiger partial charge in [0.1, 0.15) is 5.75 Å². The fourth-order valence-corrected chi connectivity index (χ4v) is 4.89. The highest BCUT2D eigenvalue weighted by atomic mass is 16.5. The highest BCUT2D eigenvalue weighted by Crippen LogP contribution is 2.31. The van der Waals surface area contributed by atoms with Crippen LogP contribution in [0.2, 0.25) is 0 Å². The molecule has 2 aliphatic heterocycles. The Morgan fingerprint density at radius 2 is 1.88 bits per heavy atom. The van der Waals surface area contributed by atoms with Crippen molar-refractivity contribution in [2.24, 2.45) is 0 Å². The third-order valence-electron chi connectivity index (χ3n) is 6.89. The van der Waals surface area contributed by atoms with Crippen molar-refractivity contribution in [3.8, 4) is 17.0 Å². The zero-order valence-electron chi connectivity index (χ0n) is 19.6. The number of nitrogens with one attached hydrogen (secondary N) is 1. The minimum Gasteiger partial charge on any atom is -0.493 e. The van der Waals surface area contributed by atoms with Crippen molar-refractivity contribution in [3.05, 3.63) is 66.6 Å². The van der Waals surface area contributed by atoms with E-state index in [0.29, 0.717) is 0 Å². The Morgan fingerprint density at radius 3 is 2.71 bits per heavy atom. The van der Waals surface area contributed by atoms with E-state index in [0.717, 1.165) is 86.3 Å². The number of rotatable bonds is 5. The Labute approximate surface area is 200 Å². The lowest BCUT2D eigenvalue weighted by Crippen LogP contribution is -2.46. The summed E-state index contributed by atoms with van der Waals surface area (Å²) in [5.74, 6) is 1.74. The highest BCUT2D eigenvalue weighted by molar-refractivity contribution is 5.74. The summed E-state index contributed by atoms with van der Waals surface area (Å²) in [6, 6.07) is 15.0. The largest absolute Gasteiger partial charge is 0.493 e. The van der Waals surface area contributed by atoms with E-state index < -0.39 is 0 Å². The van der Waals surface area contributed by atoms with Crippen LogP contribution < -0.4 is 15.0 Å². The van der Waals surface area contributed by atoms with Gasteiger partial charge in [-0.25, -0.2) is 9.97 Å². The number of hydrogen-bond acceptors (Lipinski definition) is 6. The second-order valence-corrected chi connectivity index (χ2v) is 9.00. The molecule has 0 bridgehead atoms. The molecule has 7 nitrogen and oxygen atoms in total. The minimum atomic E-state index is 0.751. The zero-order valence-corrected chi connectivity index (χ0v) is 19.6. The second-order valence-electron chi connectivity index (χ2n) is 9.00. The van der Waals surface area contributed by atoms with Crippen molar-refractivity contribution in [1.82, 2.24) is 19.3 Å². The molecule has 4 heterocycles. The summed E-state index contributed by atoms with van der Waals surface area (Å²) in [5.41, 5.74) is 6.33. The number of aromatic nitrogens is 3. The molecule has 0 amide bonds. The van der Waals surface area contributed by atoms with Crippen molar-refractivity contribution in [2.45, 2.75) is 19.8 Å². The van der Waals surface area contributed by atoms with Gasteiger partial charge in [0.05, 0.1) is 12.3 Å². The summed E-state index contributed by atoms with van der Waals surface area (Å²) in [6.45, 7) is 8.56. The molecule has 6 rings (SSSR count). The normalized spacial score (nSPS) is 16.3. The first-order chi connectivity index (χ1) is 16.8. The molecule has 0 atom stereocenters. The molecule has 34 heavy (non-hydrogen) atoms. The smallest absolute Gasteiger partial charge is 0.180 e. The molecule has 1 fully saturated rings. The van der Waals surface area contributed by atoms with Crippen LogP contribution in [0, 0.1) is 0 Å². The van der Waals surface area contributed by atoms with Gasteiger partial charge in [0.15, 0.2) is 11.5 Å². The third-order valence-corrected chi connectivity index (χ3v) is 6.89. The molecule has 7 heteroatoms.